The molecule has 0 saturated carbocycles. The Labute approximate surface area is 329 Å². The fourth-order valence-electron chi connectivity index (χ4n) is 9.96. The Morgan fingerprint density at radius 3 is 2.05 bits per heavy atom. The first-order valence-corrected chi connectivity index (χ1v) is 19.7. The molecule has 6 heteroatoms. The normalized spacial score (nSPS) is 12.5. The monoisotopic (exact) mass is 739 g/mol. The molecule has 0 unspecified atom stereocenters. The van der Waals surface area contributed by atoms with Gasteiger partial charge in [-0.25, -0.2) is 4.98 Å². The van der Waals surface area contributed by atoms with Gasteiger partial charge in [0.1, 0.15) is 5.58 Å². The van der Waals surface area contributed by atoms with Crippen molar-refractivity contribution < 1.29 is 4.42 Å². The Morgan fingerprint density at radius 1 is 0.448 bits per heavy atom. The smallest absolute Gasteiger partial charge is 0.238 e. The number of fused-ring (bicyclic) bond motifs is 12. The number of nitrogens with zero attached hydrogens (tertiary/aromatic N) is 4. The summed E-state index contributed by atoms with van der Waals surface area (Å²) in [6.07, 6.45) is 0. The Hall–Kier alpha value is -7.96. The third kappa shape index (κ3) is 3.86. The summed E-state index contributed by atoms with van der Waals surface area (Å²) in [6.45, 7) is 0. The zero-order valence-electron chi connectivity index (χ0n) is 30.9. The molecule has 0 aliphatic carbocycles. The molecule has 0 fully saturated rings. The van der Waals surface area contributed by atoms with Gasteiger partial charge in [0.25, 0.3) is 0 Å². The van der Waals surface area contributed by atoms with Crippen molar-refractivity contribution in [3.8, 4) is 22.9 Å². The Morgan fingerprint density at radius 2 is 1.16 bits per heavy atom. The highest BCUT2D eigenvalue weighted by Gasteiger charge is 2.27. The quantitative estimate of drug-likeness (QED) is 0.184. The lowest BCUT2D eigenvalue weighted by Crippen LogP contribution is -2.03. The maximum Gasteiger partial charge on any atom is 0.238 e. The number of hydrogen-bond acceptors (Lipinski definition) is 3. The van der Waals surface area contributed by atoms with Crippen molar-refractivity contribution in [3.63, 3.8) is 0 Å². The first-order valence-electron chi connectivity index (χ1n) is 19.7. The van der Waals surface area contributed by atoms with Gasteiger partial charge in [0.15, 0.2) is 0 Å². The summed E-state index contributed by atoms with van der Waals surface area (Å²) in [5.74, 6) is 0.568. The SMILES string of the molecule is c1ccc(-n2c3ccccc3c3cc4c5c(ccc6c7[nH]c8ccccc8c7cc(c65)n4-c4nc(-c5ccc6ccccc6c5)c5c(n4)oc4ccccc45)c32)cc1. The largest absolute Gasteiger partial charge is 0.437 e. The first kappa shape index (κ1) is 30.3. The third-order valence-electron chi connectivity index (χ3n) is 12.4. The van der Waals surface area contributed by atoms with Crippen molar-refractivity contribution in [2.45, 2.75) is 0 Å². The van der Waals surface area contributed by atoms with Gasteiger partial charge in [0, 0.05) is 65.2 Å². The van der Waals surface area contributed by atoms with Gasteiger partial charge in [-0.15, -0.1) is 0 Å². The molecule has 0 aliphatic heterocycles. The van der Waals surface area contributed by atoms with Crippen LogP contribution in [0.3, 0.4) is 0 Å². The molecular weight excluding hydrogens is 711 g/mol. The molecule has 268 valence electrons. The van der Waals surface area contributed by atoms with E-state index in [9.17, 15) is 0 Å². The average molecular weight is 740 g/mol. The van der Waals surface area contributed by atoms with Crippen LogP contribution in [0.1, 0.15) is 0 Å². The molecule has 0 atom stereocenters. The summed E-state index contributed by atoms with van der Waals surface area (Å²) >= 11 is 0. The molecule has 14 rings (SSSR count). The molecule has 0 amide bonds. The molecule has 5 aromatic heterocycles. The van der Waals surface area contributed by atoms with E-state index in [1.165, 1.54) is 59.5 Å². The van der Waals surface area contributed by atoms with Crippen LogP contribution in [0.5, 0.6) is 0 Å². The minimum absolute atomic E-state index is 0.563. The van der Waals surface area contributed by atoms with Crippen LogP contribution in [0, 0.1) is 0 Å². The Balaban J connectivity index is 1.19. The first-order chi connectivity index (χ1) is 28.8. The second kappa shape index (κ2) is 10.9. The minimum Gasteiger partial charge on any atom is -0.437 e. The van der Waals surface area contributed by atoms with Crippen molar-refractivity contribution in [1.82, 2.24) is 24.1 Å². The van der Waals surface area contributed by atoms with Gasteiger partial charge in [0.2, 0.25) is 11.7 Å². The summed E-state index contributed by atoms with van der Waals surface area (Å²) in [6, 6.07) is 60.6. The van der Waals surface area contributed by atoms with Crippen molar-refractivity contribution in [2.75, 3.05) is 0 Å². The van der Waals surface area contributed by atoms with Crippen LogP contribution in [0.2, 0.25) is 0 Å². The number of furan rings is 1. The highest BCUT2D eigenvalue weighted by atomic mass is 16.3. The number of nitrogens with one attached hydrogen (secondary N) is 1. The topological polar surface area (TPSA) is 64.6 Å². The standard InChI is InChI=1S/C52H29N5O/c1-2-14-32(15-3-1)56-41-20-10-7-17-34(41)39-28-43-46-37(50(39)56)25-24-36-45(46)42(27-38-33-16-6-9-19-40(33)53-49(36)38)57(43)52-54-48(31-23-22-29-12-4-5-13-30(29)26-31)47-35-18-8-11-21-44(35)58-51(47)55-52/h1-28,53H. The van der Waals surface area contributed by atoms with Crippen molar-refractivity contribution >= 4 is 109 Å². The van der Waals surface area contributed by atoms with E-state index in [0.29, 0.717) is 11.7 Å². The lowest BCUT2D eigenvalue weighted by atomic mass is 9.97. The minimum atomic E-state index is 0.563. The number of aromatic nitrogens is 5. The second-order valence-corrected chi connectivity index (χ2v) is 15.4. The Bertz CT molecular complexity index is 4030. The molecule has 1 N–H and O–H groups in total. The molecule has 0 spiro atoms. The number of para-hydroxylation sites is 4. The summed E-state index contributed by atoms with van der Waals surface area (Å²) in [5.41, 5.74) is 11.0. The lowest BCUT2D eigenvalue weighted by Gasteiger charge is -2.11. The van der Waals surface area contributed by atoms with Crippen LogP contribution in [0.4, 0.5) is 0 Å². The molecule has 0 bridgehead atoms. The van der Waals surface area contributed by atoms with Gasteiger partial charge < -0.3 is 14.0 Å². The summed E-state index contributed by atoms with van der Waals surface area (Å²) < 4.78 is 11.3. The van der Waals surface area contributed by atoms with Crippen molar-refractivity contribution in [3.05, 3.63) is 170 Å². The fourth-order valence-corrected chi connectivity index (χ4v) is 9.96. The van der Waals surface area contributed by atoms with E-state index < -0.39 is 0 Å². The lowest BCUT2D eigenvalue weighted by molar-refractivity contribution is 0.651. The van der Waals surface area contributed by atoms with E-state index in [0.717, 1.165) is 60.8 Å². The highest BCUT2D eigenvalue weighted by Crippen LogP contribution is 2.48. The maximum absolute atomic E-state index is 6.64. The number of benzene rings is 9. The van der Waals surface area contributed by atoms with E-state index in [1.807, 2.05) is 12.1 Å². The average Bonchev–Trinajstić information content (AvgIpc) is 4.03. The van der Waals surface area contributed by atoms with Gasteiger partial charge in [-0.05, 0) is 59.3 Å². The molecular formula is C52H29N5O. The van der Waals surface area contributed by atoms with Crippen molar-refractivity contribution in [1.29, 1.82) is 0 Å². The van der Waals surface area contributed by atoms with Gasteiger partial charge in [-0.3, -0.25) is 4.57 Å². The van der Waals surface area contributed by atoms with E-state index >= 15 is 0 Å². The van der Waals surface area contributed by atoms with E-state index in [-0.39, 0.29) is 0 Å². The Kier molecular flexibility index (Phi) is 5.68. The molecule has 58 heavy (non-hydrogen) atoms. The molecule has 14 aromatic rings. The molecule has 6 nitrogen and oxygen atoms in total. The van der Waals surface area contributed by atoms with Gasteiger partial charge >= 0.3 is 0 Å². The van der Waals surface area contributed by atoms with Crippen molar-refractivity contribution in [2.24, 2.45) is 0 Å². The van der Waals surface area contributed by atoms with Gasteiger partial charge in [-0.2, -0.15) is 4.98 Å². The zero-order chi connectivity index (χ0) is 37.6. The summed E-state index contributed by atoms with van der Waals surface area (Å²) in [7, 11) is 0. The van der Waals surface area contributed by atoms with Crippen LogP contribution in [-0.4, -0.2) is 24.1 Å². The van der Waals surface area contributed by atoms with E-state index in [2.05, 4.69) is 172 Å². The molecule has 5 heterocycles. The number of hydrogen-bond donors (Lipinski definition) is 1. The third-order valence-corrected chi connectivity index (χ3v) is 12.4. The van der Waals surface area contributed by atoms with Crippen LogP contribution in [-0.2, 0) is 0 Å². The van der Waals surface area contributed by atoms with Crippen LogP contribution in [0.25, 0.3) is 132 Å². The van der Waals surface area contributed by atoms with Gasteiger partial charge in [0.05, 0.1) is 38.7 Å². The molecule has 0 saturated heterocycles. The van der Waals surface area contributed by atoms with Crippen LogP contribution >= 0.6 is 0 Å². The van der Waals surface area contributed by atoms with Crippen LogP contribution in [0.15, 0.2) is 174 Å². The molecule has 0 radical (unpaired) electrons. The molecule has 9 aromatic carbocycles. The number of aromatic amines is 1. The predicted octanol–water partition coefficient (Wildman–Crippen LogP) is 13.6. The second-order valence-electron chi connectivity index (χ2n) is 15.4. The van der Waals surface area contributed by atoms with Crippen LogP contribution < -0.4 is 0 Å². The van der Waals surface area contributed by atoms with E-state index in [4.69, 9.17) is 14.4 Å². The fraction of sp³-hybridized carbons (Fsp3) is 0. The predicted molar refractivity (Wildman–Crippen MR) is 239 cm³/mol. The number of H-pyrrole nitrogens is 1. The highest BCUT2D eigenvalue weighted by molar-refractivity contribution is 6.36. The van der Waals surface area contributed by atoms with E-state index in [1.54, 1.807) is 0 Å². The van der Waals surface area contributed by atoms with Gasteiger partial charge in [-0.1, -0.05) is 121 Å². The zero-order valence-corrected chi connectivity index (χ0v) is 30.9. The molecule has 0 aliphatic rings. The number of rotatable bonds is 3. The maximum atomic E-state index is 6.64. The summed E-state index contributed by atoms with van der Waals surface area (Å²) in [4.78, 5) is 14.8. The summed E-state index contributed by atoms with van der Waals surface area (Å²) in [5, 5.41) is 13.7.